The summed E-state index contributed by atoms with van der Waals surface area (Å²) in [5.74, 6) is 0.717. The smallest absolute Gasteiger partial charge is 0.407 e. The number of alkyl carbamates (subject to hydrolysis) is 1. The van der Waals surface area contributed by atoms with Crippen LogP contribution in [0, 0.1) is 11.3 Å². The number of hydrogen-bond donors (Lipinski definition) is 3. The fourth-order valence-electron chi connectivity index (χ4n) is 2.00. The first-order valence-corrected chi connectivity index (χ1v) is 8.82. The number of nitriles is 1. The highest BCUT2D eigenvalue weighted by molar-refractivity contribution is 14.0. The van der Waals surface area contributed by atoms with E-state index in [0.29, 0.717) is 31.2 Å². The molecule has 1 aromatic rings. The van der Waals surface area contributed by atoms with Gasteiger partial charge in [-0.25, -0.2) is 9.79 Å². The number of guanidine groups is 1. The van der Waals surface area contributed by atoms with Gasteiger partial charge in [0.2, 0.25) is 0 Å². The summed E-state index contributed by atoms with van der Waals surface area (Å²) in [7, 11) is 0. The average molecular weight is 487 g/mol. The third-order valence-corrected chi connectivity index (χ3v) is 3.16. The zero-order valence-corrected chi connectivity index (χ0v) is 18.8. The van der Waals surface area contributed by atoms with Crippen LogP contribution in [0.3, 0.4) is 0 Å². The van der Waals surface area contributed by atoms with Gasteiger partial charge in [-0.3, -0.25) is 0 Å². The Labute approximate surface area is 179 Å². The van der Waals surface area contributed by atoms with Gasteiger partial charge in [0, 0.05) is 19.6 Å². The standard InChI is InChI=1S/C19H29N5O2.HI/c1-5-21-17(24-14-16-9-7-15(13-20)8-10-16)22-11-6-12-23-18(25)26-19(2,3)4;/h7-10H,5-6,11-12,14H2,1-4H3,(H,23,25)(H2,21,22,24);1H. The predicted molar refractivity (Wildman–Crippen MR) is 118 cm³/mol. The third kappa shape index (κ3) is 12.1. The predicted octanol–water partition coefficient (Wildman–Crippen LogP) is 3.15. The molecule has 0 aliphatic heterocycles. The van der Waals surface area contributed by atoms with E-state index in [1.54, 1.807) is 12.1 Å². The van der Waals surface area contributed by atoms with E-state index >= 15 is 0 Å². The summed E-state index contributed by atoms with van der Waals surface area (Å²) >= 11 is 0. The highest BCUT2D eigenvalue weighted by Crippen LogP contribution is 2.06. The number of hydrogen-bond acceptors (Lipinski definition) is 4. The molecule has 0 saturated heterocycles. The molecule has 1 amide bonds. The number of rotatable bonds is 7. The van der Waals surface area contributed by atoms with Gasteiger partial charge in [-0.05, 0) is 51.8 Å². The number of aliphatic imine (C=N–C) groups is 1. The molecule has 0 unspecified atom stereocenters. The van der Waals surface area contributed by atoms with Gasteiger partial charge in [-0.2, -0.15) is 5.26 Å². The van der Waals surface area contributed by atoms with Crippen LogP contribution >= 0.6 is 24.0 Å². The molecule has 0 aromatic heterocycles. The van der Waals surface area contributed by atoms with Gasteiger partial charge >= 0.3 is 6.09 Å². The van der Waals surface area contributed by atoms with Crippen LogP contribution in [0.1, 0.15) is 45.2 Å². The summed E-state index contributed by atoms with van der Waals surface area (Å²) in [6, 6.07) is 9.47. The number of benzene rings is 1. The zero-order valence-electron chi connectivity index (χ0n) is 16.5. The summed E-state index contributed by atoms with van der Waals surface area (Å²) in [5.41, 5.74) is 1.19. The van der Waals surface area contributed by atoms with Crippen molar-refractivity contribution >= 4 is 36.0 Å². The van der Waals surface area contributed by atoms with Crippen LogP contribution in [-0.2, 0) is 11.3 Å². The SMILES string of the molecule is CCNC(=NCc1ccc(C#N)cc1)NCCCNC(=O)OC(C)(C)C.I. The molecule has 3 N–H and O–H groups in total. The van der Waals surface area contributed by atoms with E-state index in [9.17, 15) is 4.79 Å². The van der Waals surface area contributed by atoms with Gasteiger partial charge in [-0.15, -0.1) is 24.0 Å². The fraction of sp³-hybridized carbons (Fsp3) is 0.526. The Bertz CT molecular complexity index is 633. The van der Waals surface area contributed by atoms with Crippen LogP contribution in [0.4, 0.5) is 4.79 Å². The quantitative estimate of drug-likeness (QED) is 0.238. The van der Waals surface area contributed by atoms with Crippen LogP contribution in [0.25, 0.3) is 0 Å². The Morgan fingerprint density at radius 1 is 1.15 bits per heavy atom. The molecular formula is C19H30IN5O2. The Morgan fingerprint density at radius 3 is 2.33 bits per heavy atom. The molecule has 0 spiro atoms. The normalized spacial score (nSPS) is 11.0. The lowest BCUT2D eigenvalue weighted by Crippen LogP contribution is -2.39. The van der Waals surface area contributed by atoms with E-state index in [-0.39, 0.29) is 24.0 Å². The first kappa shape index (κ1) is 25.0. The van der Waals surface area contributed by atoms with Crippen molar-refractivity contribution in [2.45, 2.75) is 46.3 Å². The van der Waals surface area contributed by atoms with Gasteiger partial charge in [0.05, 0.1) is 18.2 Å². The van der Waals surface area contributed by atoms with Gasteiger partial charge < -0.3 is 20.7 Å². The summed E-state index contributed by atoms with van der Waals surface area (Å²) in [5, 5.41) is 18.0. The van der Waals surface area contributed by atoms with E-state index in [0.717, 1.165) is 18.5 Å². The number of nitrogens with one attached hydrogen (secondary N) is 3. The largest absolute Gasteiger partial charge is 0.444 e. The monoisotopic (exact) mass is 487 g/mol. The molecule has 0 bridgehead atoms. The summed E-state index contributed by atoms with van der Waals surface area (Å²) in [6.07, 6.45) is 0.347. The number of carbonyl (C=O) groups is 1. The molecule has 8 heteroatoms. The van der Waals surface area contributed by atoms with Crippen LogP contribution in [0.2, 0.25) is 0 Å². The van der Waals surface area contributed by atoms with E-state index in [1.165, 1.54) is 0 Å². The number of nitrogens with zero attached hydrogens (tertiary/aromatic N) is 2. The van der Waals surface area contributed by atoms with Gasteiger partial charge in [0.1, 0.15) is 5.60 Å². The topological polar surface area (TPSA) is 98.5 Å². The Kier molecular flexibility index (Phi) is 12.2. The minimum atomic E-state index is -0.487. The van der Waals surface area contributed by atoms with Crippen molar-refractivity contribution in [2.75, 3.05) is 19.6 Å². The van der Waals surface area contributed by atoms with Crippen molar-refractivity contribution < 1.29 is 9.53 Å². The lowest BCUT2D eigenvalue weighted by atomic mass is 10.1. The molecule has 1 rings (SSSR count). The number of ether oxygens (including phenoxy) is 1. The first-order chi connectivity index (χ1) is 12.3. The molecule has 0 fully saturated rings. The molecule has 0 saturated carbocycles. The maximum Gasteiger partial charge on any atom is 0.407 e. The van der Waals surface area contributed by atoms with Crippen molar-refractivity contribution in [3.63, 3.8) is 0 Å². The van der Waals surface area contributed by atoms with E-state index in [2.05, 4.69) is 27.0 Å². The van der Waals surface area contributed by atoms with E-state index in [1.807, 2.05) is 39.8 Å². The second-order valence-electron chi connectivity index (χ2n) is 6.71. The molecular weight excluding hydrogens is 457 g/mol. The minimum Gasteiger partial charge on any atom is -0.444 e. The highest BCUT2D eigenvalue weighted by atomic mass is 127. The Balaban J connectivity index is 0.00000676. The maximum atomic E-state index is 11.6. The molecule has 150 valence electrons. The highest BCUT2D eigenvalue weighted by Gasteiger charge is 2.15. The van der Waals surface area contributed by atoms with Crippen LogP contribution in [0.5, 0.6) is 0 Å². The third-order valence-electron chi connectivity index (χ3n) is 3.16. The molecule has 0 radical (unpaired) electrons. The van der Waals surface area contributed by atoms with E-state index < -0.39 is 11.7 Å². The molecule has 1 aromatic carbocycles. The van der Waals surface area contributed by atoms with Crippen LogP contribution in [-0.4, -0.2) is 37.3 Å². The average Bonchev–Trinajstić information content (AvgIpc) is 2.58. The number of halogens is 1. The number of carbonyl (C=O) groups excluding carboxylic acids is 1. The molecule has 0 heterocycles. The first-order valence-electron chi connectivity index (χ1n) is 8.82. The molecule has 0 aliphatic rings. The lowest BCUT2D eigenvalue weighted by molar-refractivity contribution is 0.0527. The molecule has 27 heavy (non-hydrogen) atoms. The number of amides is 1. The van der Waals surface area contributed by atoms with Crippen LogP contribution in [0.15, 0.2) is 29.3 Å². The Morgan fingerprint density at radius 2 is 1.78 bits per heavy atom. The molecule has 0 aliphatic carbocycles. The summed E-state index contributed by atoms with van der Waals surface area (Å²) in [4.78, 5) is 16.1. The summed E-state index contributed by atoms with van der Waals surface area (Å²) < 4.78 is 5.18. The van der Waals surface area contributed by atoms with Crippen molar-refractivity contribution in [1.82, 2.24) is 16.0 Å². The summed E-state index contributed by atoms with van der Waals surface area (Å²) in [6.45, 7) is 9.99. The molecule has 0 atom stereocenters. The fourth-order valence-corrected chi connectivity index (χ4v) is 2.00. The molecule has 7 nitrogen and oxygen atoms in total. The van der Waals surface area contributed by atoms with E-state index in [4.69, 9.17) is 10.00 Å². The van der Waals surface area contributed by atoms with Gasteiger partial charge in [0.15, 0.2) is 5.96 Å². The van der Waals surface area contributed by atoms with Crippen molar-refractivity contribution in [3.05, 3.63) is 35.4 Å². The van der Waals surface area contributed by atoms with Crippen molar-refractivity contribution in [2.24, 2.45) is 4.99 Å². The van der Waals surface area contributed by atoms with Gasteiger partial charge in [0.25, 0.3) is 0 Å². The Hall–Kier alpha value is -2.02. The second kappa shape index (κ2) is 13.2. The van der Waals surface area contributed by atoms with Gasteiger partial charge in [-0.1, -0.05) is 12.1 Å². The lowest BCUT2D eigenvalue weighted by Gasteiger charge is -2.19. The second-order valence-corrected chi connectivity index (χ2v) is 6.71. The van der Waals surface area contributed by atoms with Crippen LogP contribution < -0.4 is 16.0 Å². The maximum absolute atomic E-state index is 11.6. The van der Waals surface area contributed by atoms with Crippen molar-refractivity contribution in [3.8, 4) is 6.07 Å². The van der Waals surface area contributed by atoms with Crippen molar-refractivity contribution in [1.29, 1.82) is 5.26 Å². The minimum absolute atomic E-state index is 0. The zero-order chi connectivity index (χ0) is 19.4.